The maximum Gasteiger partial charge on any atom is 0.183 e. The van der Waals surface area contributed by atoms with Crippen molar-refractivity contribution in [2.45, 2.75) is 48.9 Å². The number of hydrogen-bond acceptors (Lipinski definition) is 3. The summed E-state index contributed by atoms with van der Waals surface area (Å²) < 4.78 is 24.7. The van der Waals surface area contributed by atoms with Gasteiger partial charge in [0.05, 0.1) is 16.2 Å². The molecule has 1 aromatic carbocycles. The first kappa shape index (κ1) is 12.6. The highest BCUT2D eigenvalue weighted by atomic mass is 32.2. The predicted octanol–water partition coefficient (Wildman–Crippen LogP) is 2.07. The number of sulfone groups is 1. The van der Waals surface area contributed by atoms with Crippen LogP contribution >= 0.6 is 0 Å². The third-order valence-corrected chi connectivity index (χ3v) is 5.69. The average Bonchev–Trinajstić information content (AvgIpc) is 2.30. The van der Waals surface area contributed by atoms with Gasteiger partial charge >= 0.3 is 0 Å². The zero-order valence-corrected chi connectivity index (χ0v) is 10.8. The molecule has 94 valence electrons. The monoisotopic (exact) mass is 254 g/mol. The molecular formula is C13H18O3S. The van der Waals surface area contributed by atoms with Crippen LogP contribution in [0, 0.1) is 6.92 Å². The van der Waals surface area contributed by atoms with E-state index < -0.39 is 21.2 Å². The molecule has 0 amide bonds. The molecule has 0 aliphatic heterocycles. The summed E-state index contributed by atoms with van der Waals surface area (Å²) in [5, 5.41) is 9.22. The van der Waals surface area contributed by atoms with E-state index in [0.29, 0.717) is 17.7 Å². The highest BCUT2D eigenvalue weighted by Crippen LogP contribution is 2.29. The van der Waals surface area contributed by atoms with E-state index in [1.54, 1.807) is 24.3 Å². The molecule has 2 rings (SSSR count). The van der Waals surface area contributed by atoms with Gasteiger partial charge in [-0.05, 0) is 31.9 Å². The summed E-state index contributed by atoms with van der Waals surface area (Å²) >= 11 is 0. The average molecular weight is 254 g/mol. The van der Waals surface area contributed by atoms with E-state index in [0.717, 1.165) is 18.4 Å². The van der Waals surface area contributed by atoms with Gasteiger partial charge < -0.3 is 5.11 Å². The molecule has 3 nitrogen and oxygen atoms in total. The van der Waals surface area contributed by atoms with Crippen molar-refractivity contribution >= 4 is 9.84 Å². The number of aliphatic hydroxyl groups excluding tert-OH is 1. The zero-order chi connectivity index (χ0) is 12.5. The number of benzene rings is 1. The minimum atomic E-state index is -3.38. The zero-order valence-electron chi connectivity index (χ0n) is 9.96. The van der Waals surface area contributed by atoms with E-state index in [1.165, 1.54) is 0 Å². The van der Waals surface area contributed by atoms with E-state index in [-0.39, 0.29) is 0 Å². The van der Waals surface area contributed by atoms with Gasteiger partial charge in [-0.3, -0.25) is 0 Å². The highest BCUT2D eigenvalue weighted by molar-refractivity contribution is 7.92. The summed E-state index contributed by atoms with van der Waals surface area (Å²) in [6.07, 6.45) is 2.25. The van der Waals surface area contributed by atoms with Crippen molar-refractivity contribution in [3.8, 4) is 0 Å². The fourth-order valence-electron chi connectivity index (χ4n) is 2.34. The van der Waals surface area contributed by atoms with E-state index in [4.69, 9.17) is 0 Å². The number of aliphatic hydroxyl groups is 1. The lowest BCUT2D eigenvalue weighted by Crippen LogP contribution is -2.36. The normalized spacial score (nSPS) is 25.8. The lowest BCUT2D eigenvalue weighted by atomic mass is 9.97. The van der Waals surface area contributed by atoms with Crippen LogP contribution in [0.4, 0.5) is 0 Å². The minimum absolute atomic E-state index is 0.328. The lowest BCUT2D eigenvalue weighted by molar-refractivity contribution is 0.133. The molecule has 2 atom stereocenters. The quantitative estimate of drug-likeness (QED) is 0.879. The third-order valence-electron chi connectivity index (χ3n) is 3.42. The lowest BCUT2D eigenvalue weighted by Gasteiger charge is -2.27. The van der Waals surface area contributed by atoms with Crippen LogP contribution in [0.1, 0.15) is 31.2 Å². The summed E-state index contributed by atoms with van der Waals surface area (Å²) in [6.45, 7) is 1.92. The summed E-state index contributed by atoms with van der Waals surface area (Å²) in [6, 6.07) is 6.85. The Morgan fingerprint density at radius 2 is 1.71 bits per heavy atom. The molecule has 0 heterocycles. The molecule has 0 spiro atoms. The van der Waals surface area contributed by atoms with Gasteiger partial charge in [-0.25, -0.2) is 8.42 Å². The number of aryl methyl sites for hydroxylation is 1. The Labute approximate surface area is 102 Å². The van der Waals surface area contributed by atoms with E-state index in [2.05, 4.69) is 0 Å². The number of hydrogen-bond donors (Lipinski definition) is 1. The molecule has 1 saturated carbocycles. The standard InChI is InChI=1S/C13H18O3S/c1-10-6-8-11(9-7-10)17(15,16)13-5-3-2-4-12(13)14/h6-9,12-14H,2-5H2,1H3/t12-,13+/m0/s1. The summed E-state index contributed by atoms with van der Waals surface area (Å²) in [4.78, 5) is 0.328. The second-order valence-corrected chi connectivity index (χ2v) is 6.92. The van der Waals surface area contributed by atoms with Gasteiger partial charge in [0, 0.05) is 0 Å². The Bertz CT molecular complexity index is 476. The second-order valence-electron chi connectivity index (χ2n) is 4.75. The summed E-state index contributed by atoms with van der Waals surface area (Å²) in [5.41, 5.74) is 1.04. The van der Waals surface area contributed by atoms with E-state index >= 15 is 0 Å². The summed E-state index contributed by atoms with van der Waals surface area (Å²) in [7, 11) is -3.38. The van der Waals surface area contributed by atoms with Crippen LogP contribution in [-0.4, -0.2) is 24.9 Å². The van der Waals surface area contributed by atoms with Gasteiger partial charge in [0.15, 0.2) is 9.84 Å². The molecule has 0 aromatic heterocycles. The summed E-state index contributed by atoms with van der Waals surface area (Å²) in [5.74, 6) is 0. The van der Waals surface area contributed by atoms with Crippen molar-refractivity contribution in [3.63, 3.8) is 0 Å². The third kappa shape index (κ3) is 2.53. The van der Waals surface area contributed by atoms with Crippen molar-refractivity contribution in [3.05, 3.63) is 29.8 Å². The Kier molecular flexibility index (Phi) is 3.54. The molecule has 0 saturated heterocycles. The molecule has 1 N–H and O–H groups in total. The van der Waals surface area contributed by atoms with Gasteiger partial charge in [-0.15, -0.1) is 0 Å². The molecule has 17 heavy (non-hydrogen) atoms. The maximum atomic E-state index is 12.3. The second kappa shape index (κ2) is 4.78. The Hall–Kier alpha value is -0.870. The Morgan fingerprint density at radius 1 is 1.12 bits per heavy atom. The largest absolute Gasteiger partial charge is 0.392 e. The van der Waals surface area contributed by atoms with Crippen molar-refractivity contribution in [1.82, 2.24) is 0 Å². The van der Waals surface area contributed by atoms with Crippen molar-refractivity contribution in [1.29, 1.82) is 0 Å². The molecule has 1 aliphatic carbocycles. The predicted molar refractivity (Wildman–Crippen MR) is 66.6 cm³/mol. The van der Waals surface area contributed by atoms with Crippen LogP contribution in [0.15, 0.2) is 29.2 Å². The van der Waals surface area contributed by atoms with Gasteiger partial charge in [0.2, 0.25) is 0 Å². The van der Waals surface area contributed by atoms with Gasteiger partial charge in [0.1, 0.15) is 0 Å². The van der Waals surface area contributed by atoms with E-state index in [9.17, 15) is 13.5 Å². The van der Waals surface area contributed by atoms with Crippen LogP contribution in [0.2, 0.25) is 0 Å². The van der Waals surface area contributed by atoms with Crippen LogP contribution in [-0.2, 0) is 9.84 Å². The van der Waals surface area contributed by atoms with Crippen LogP contribution in [0.25, 0.3) is 0 Å². The fourth-order valence-corrected chi connectivity index (χ4v) is 4.23. The van der Waals surface area contributed by atoms with Gasteiger partial charge in [-0.1, -0.05) is 30.5 Å². The first-order valence-electron chi connectivity index (χ1n) is 6.00. The molecule has 4 heteroatoms. The molecule has 0 unspecified atom stereocenters. The maximum absolute atomic E-state index is 12.3. The van der Waals surface area contributed by atoms with Crippen LogP contribution in [0.5, 0.6) is 0 Å². The fraction of sp³-hybridized carbons (Fsp3) is 0.538. The van der Waals surface area contributed by atoms with Crippen molar-refractivity contribution < 1.29 is 13.5 Å². The Morgan fingerprint density at radius 3 is 2.29 bits per heavy atom. The molecule has 0 bridgehead atoms. The smallest absolute Gasteiger partial charge is 0.183 e. The number of rotatable bonds is 2. The first-order chi connectivity index (χ1) is 8.01. The SMILES string of the molecule is Cc1ccc(S(=O)(=O)[C@@H]2CCCC[C@@H]2O)cc1. The molecule has 0 radical (unpaired) electrons. The molecule has 1 aliphatic rings. The van der Waals surface area contributed by atoms with Crippen LogP contribution in [0.3, 0.4) is 0 Å². The van der Waals surface area contributed by atoms with Crippen molar-refractivity contribution in [2.24, 2.45) is 0 Å². The molecule has 1 aromatic rings. The highest BCUT2D eigenvalue weighted by Gasteiger charge is 2.35. The first-order valence-corrected chi connectivity index (χ1v) is 7.55. The topological polar surface area (TPSA) is 54.4 Å². The molecular weight excluding hydrogens is 236 g/mol. The molecule has 1 fully saturated rings. The van der Waals surface area contributed by atoms with Gasteiger partial charge in [0.25, 0.3) is 0 Å². The Balaban J connectivity index is 2.32. The van der Waals surface area contributed by atoms with Crippen molar-refractivity contribution in [2.75, 3.05) is 0 Å². The van der Waals surface area contributed by atoms with E-state index in [1.807, 2.05) is 6.92 Å². The van der Waals surface area contributed by atoms with Crippen LogP contribution < -0.4 is 0 Å². The minimum Gasteiger partial charge on any atom is -0.392 e. The van der Waals surface area contributed by atoms with Gasteiger partial charge in [-0.2, -0.15) is 0 Å².